The minimum atomic E-state index is 0.416. The molecule has 0 bridgehead atoms. The summed E-state index contributed by atoms with van der Waals surface area (Å²) in [5.41, 5.74) is 0. The smallest absolute Gasteiger partial charge is 0.149 e. The molecule has 1 aromatic rings. The van der Waals surface area contributed by atoms with Crippen LogP contribution in [0.4, 0.5) is 0 Å². The van der Waals surface area contributed by atoms with Gasteiger partial charge >= 0.3 is 0 Å². The first-order chi connectivity index (χ1) is 9.86. The predicted molar refractivity (Wildman–Crippen MR) is 82.8 cm³/mol. The van der Waals surface area contributed by atoms with Gasteiger partial charge in [-0.3, -0.25) is 0 Å². The fourth-order valence-corrected chi connectivity index (χ4v) is 1.42. The zero-order valence-electron chi connectivity index (χ0n) is 12.4. The van der Waals surface area contributed by atoms with Gasteiger partial charge in [0.05, 0.1) is 0 Å². The van der Waals surface area contributed by atoms with E-state index in [1.54, 1.807) is 0 Å². The summed E-state index contributed by atoms with van der Waals surface area (Å²) in [7, 11) is 0. The topological polar surface area (TPSA) is 18.5 Å². The van der Waals surface area contributed by atoms with Gasteiger partial charge in [0.1, 0.15) is 24.7 Å². The van der Waals surface area contributed by atoms with Crippen molar-refractivity contribution in [1.82, 2.24) is 0 Å². The van der Waals surface area contributed by atoms with Crippen LogP contribution in [0.2, 0.25) is 0 Å². The zero-order chi connectivity index (χ0) is 14.5. The van der Waals surface area contributed by atoms with E-state index in [0.29, 0.717) is 13.2 Å². The standard InChI is InChI=1S/C18H22O2/c1-3-5-7-9-14-19-17-12-11-13-18(16-17)20-15-10-8-6-4-2/h11-13,16H,3-6,14-15H2,1-2H3. The molecule has 0 N–H and O–H groups in total. The Hall–Kier alpha value is -2.06. The van der Waals surface area contributed by atoms with Gasteiger partial charge in [0, 0.05) is 18.9 Å². The highest BCUT2D eigenvalue weighted by Gasteiger charge is 1.96. The summed E-state index contributed by atoms with van der Waals surface area (Å²) in [6, 6.07) is 7.57. The lowest BCUT2D eigenvalue weighted by Crippen LogP contribution is -1.96. The summed E-state index contributed by atoms with van der Waals surface area (Å²) >= 11 is 0. The summed E-state index contributed by atoms with van der Waals surface area (Å²) in [5, 5.41) is 0. The molecule has 2 nitrogen and oxygen atoms in total. The maximum atomic E-state index is 5.55. The van der Waals surface area contributed by atoms with Crippen LogP contribution in [0.15, 0.2) is 24.3 Å². The molecular weight excluding hydrogens is 248 g/mol. The molecule has 1 aromatic carbocycles. The quantitative estimate of drug-likeness (QED) is 0.726. The molecule has 0 aromatic heterocycles. The normalized spacial score (nSPS) is 8.90. The number of hydrogen-bond acceptors (Lipinski definition) is 2. The third kappa shape index (κ3) is 7.39. The van der Waals surface area contributed by atoms with Gasteiger partial charge in [0.2, 0.25) is 0 Å². The Kier molecular flexibility index (Phi) is 8.66. The summed E-state index contributed by atoms with van der Waals surface area (Å²) in [4.78, 5) is 0. The monoisotopic (exact) mass is 270 g/mol. The Morgan fingerprint density at radius 2 is 1.30 bits per heavy atom. The molecule has 0 aliphatic heterocycles. The molecule has 0 saturated heterocycles. The molecule has 0 saturated carbocycles. The molecule has 0 aliphatic rings. The fraction of sp³-hybridized carbons (Fsp3) is 0.444. The van der Waals surface area contributed by atoms with Crippen molar-refractivity contribution >= 4 is 0 Å². The van der Waals surface area contributed by atoms with Gasteiger partial charge < -0.3 is 9.47 Å². The molecule has 20 heavy (non-hydrogen) atoms. The van der Waals surface area contributed by atoms with E-state index >= 15 is 0 Å². The SMILES string of the molecule is CCCC#CCOc1cccc(OCC#CCCC)c1. The van der Waals surface area contributed by atoms with Gasteiger partial charge in [-0.05, 0) is 25.0 Å². The molecule has 1 rings (SSSR count). The van der Waals surface area contributed by atoms with Crippen LogP contribution in [0.5, 0.6) is 11.5 Å². The molecule has 0 fully saturated rings. The summed E-state index contributed by atoms with van der Waals surface area (Å²) < 4.78 is 11.1. The van der Waals surface area contributed by atoms with Gasteiger partial charge in [-0.15, -0.1) is 0 Å². The van der Waals surface area contributed by atoms with Crippen LogP contribution in [0, 0.1) is 23.7 Å². The second-order valence-corrected chi connectivity index (χ2v) is 4.26. The maximum Gasteiger partial charge on any atom is 0.149 e. The van der Waals surface area contributed by atoms with E-state index in [9.17, 15) is 0 Å². The third-order valence-electron chi connectivity index (χ3n) is 2.43. The van der Waals surface area contributed by atoms with Crippen LogP contribution in [0.1, 0.15) is 39.5 Å². The summed E-state index contributed by atoms with van der Waals surface area (Å²) in [6.07, 6.45) is 4.00. The van der Waals surface area contributed by atoms with E-state index in [-0.39, 0.29) is 0 Å². The molecule has 0 radical (unpaired) electrons. The van der Waals surface area contributed by atoms with Gasteiger partial charge in [-0.2, -0.15) is 0 Å². The van der Waals surface area contributed by atoms with Crippen LogP contribution in [-0.2, 0) is 0 Å². The second-order valence-electron chi connectivity index (χ2n) is 4.26. The summed E-state index contributed by atoms with van der Waals surface area (Å²) in [5.74, 6) is 13.6. The first-order valence-corrected chi connectivity index (χ1v) is 7.14. The van der Waals surface area contributed by atoms with Crippen molar-refractivity contribution in [3.05, 3.63) is 24.3 Å². The fourth-order valence-electron chi connectivity index (χ4n) is 1.42. The maximum absolute atomic E-state index is 5.55. The Balaban J connectivity index is 2.38. The van der Waals surface area contributed by atoms with E-state index in [1.807, 2.05) is 24.3 Å². The lowest BCUT2D eigenvalue weighted by atomic mass is 10.3. The van der Waals surface area contributed by atoms with Crippen molar-refractivity contribution in [1.29, 1.82) is 0 Å². The van der Waals surface area contributed by atoms with Crippen molar-refractivity contribution in [2.75, 3.05) is 13.2 Å². The van der Waals surface area contributed by atoms with Gasteiger partial charge in [0.25, 0.3) is 0 Å². The Labute approximate surface area is 122 Å². The number of unbranched alkanes of at least 4 members (excludes halogenated alkanes) is 2. The van der Waals surface area contributed by atoms with Gasteiger partial charge in [0.15, 0.2) is 0 Å². The van der Waals surface area contributed by atoms with E-state index in [4.69, 9.17) is 9.47 Å². The van der Waals surface area contributed by atoms with Crippen LogP contribution in [-0.4, -0.2) is 13.2 Å². The first-order valence-electron chi connectivity index (χ1n) is 7.14. The number of benzene rings is 1. The van der Waals surface area contributed by atoms with Crippen molar-refractivity contribution in [3.63, 3.8) is 0 Å². The number of rotatable bonds is 6. The van der Waals surface area contributed by atoms with E-state index in [0.717, 1.165) is 37.2 Å². The highest BCUT2D eigenvalue weighted by atomic mass is 16.5. The van der Waals surface area contributed by atoms with Crippen LogP contribution in [0.25, 0.3) is 0 Å². The molecule has 0 spiro atoms. The molecular formula is C18H22O2. The Morgan fingerprint density at radius 1 is 0.800 bits per heavy atom. The van der Waals surface area contributed by atoms with Crippen LogP contribution < -0.4 is 9.47 Å². The molecule has 0 unspecified atom stereocenters. The lowest BCUT2D eigenvalue weighted by molar-refractivity contribution is 0.351. The molecule has 0 amide bonds. The van der Waals surface area contributed by atoms with Crippen molar-refractivity contribution in [2.24, 2.45) is 0 Å². The highest BCUT2D eigenvalue weighted by Crippen LogP contribution is 2.19. The van der Waals surface area contributed by atoms with E-state index in [2.05, 4.69) is 37.5 Å². The number of hydrogen-bond donors (Lipinski definition) is 0. The van der Waals surface area contributed by atoms with Crippen molar-refractivity contribution in [2.45, 2.75) is 39.5 Å². The molecule has 0 heterocycles. The first kappa shape index (κ1) is 16.0. The second kappa shape index (κ2) is 10.8. The van der Waals surface area contributed by atoms with Crippen LogP contribution in [0.3, 0.4) is 0 Å². The van der Waals surface area contributed by atoms with Gasteiger partial charge in [-0.1, -0.05) is 43.6 Å². The largest absolute Gasteiger partial charge is 0.481 e. The molecule has 0 aliphatic carbocycles. The van der Waals surface area contributed by atoms with Crippen molar-refractivity contribution < 1.29 is 9.47 Å². The van der Waals surface area contributed by atoms with Crippen LogP contribution >= 0.6 is 0 Å². The third-order valence-corrected chi connectivity index (χ3v) is 2.43. The van der Waals surface area contributed by atoms with E-state index < -0.39 is 0 Å². The predicted octanol–water partition coefficient (Wildman–Crippen LogP) is 4.05. The lowest BCUT2D eigenvalue weighted by Gasteiger charge is -2.05. The van der Waals surface area contributed by atoms with E-state index in [1.165, 1.54) is 0 Å². The molecule has 0 atom stereocenters. The summed E-state index contributed by atoms with van der Waals surface area (Å²) in [6.45, 7) is 5.05. The highest BCUT2D eigenvalue weighted by molar-refractivity contribution is 5.33. The Bertz CT molecular complexity index is 454. The number of ether oxygens (including phenoxy) is 2. The average Bonchev–Trinajstić information content (AvgIpc) is 2.47. The zero-order valence-corrected chi connectivity index (χ0v) is 12.4. The minimum Gasteiger partial charge on any atom is -0.481 e. The molecule has 2 heteroatoms. The average molecular weight is 270 g/mol. The Morgan fingerprint density at radius 3 is 1.75 bits per heavy atom. The van der Waals surface area contributed by atoms with Crippen molar-refractivity contribution in [3.8, 4) is 35.2 Å². The van der Waals surface area contributed by atoms with Gasteiger partial charge in [-0.25, -0.2) is 0 Å². The molecule has 106 valence electrons. The minimum absolute atomic E-state index is 0.416.